The zero-order valence-electron chi connectivity index (χ0n) is 21.4. The minimum absolute atomic E-state index is 0.0331. The molecule has 0 N–H and O–H groups in total. The van der Waals surface area contributed by atoms with Gasteiger partial charge in [0.25, 0.3) is 0 Å². The maximum atomic E-state index is 12.3. The second-order valence-electron chi connectivity index (χ2n) is 7.45. The smallest absolute Gasteiger partial charge is 0.338 e. The molecule has 0 radical (unpaired) electrons. The summed E-state index contributed by atoms with van der Waals surface area (Å²) in [5, 5.41) is 0. The third-order valence-electron chi connectivity index (χ3n) is 4.87. The molecule has 8 heteroatoms. The van der Waals surface area contributed by atoms with Crippen molar-refractivity contribution in [1.29, 1.82) is 0 Å². The van der Waals surface area contributed by atoms with Crippen LogP contribution in [0.4, 0.5) is 0 Å². The molecule has 2 aromatic rings. The first kappa shape index (κ1) is 29.2. The molecular weight excluding hydrogens is 464 g/mol. The fourth-order valence-corrected chi connectivity index (χ4v) is 3.14. The molecule has 0 saturated heterocycles. The van der Waals surface area contributed by atoms with Gasteiger partial charge >= 0.3 is 11.9 Å². The summed E-state index contributed by atoms with van der Waals surface area (Å²) < 4.78 is 32.1. The van der Waals surface area contributed by atoms with Gasteiger partial charge in [0, 0.05) is 26.4 Å². The zero-order chi connectivity index (χ0) is 26.2. The van der Waals surface area contributed by atoms with E-state index < -0.39 is 24.5 Å². The lowest BCUT2D eigenvalue weighted by Gasteiger charge is -2.16. The predicted octanol–water partition coefficient (Wildman–Crippen LogP) is 4.97. The van der Waals surface area contributed by atoms with Crippen LogP contribution in [0.3, 0.4) is 0 Å². The molecule has 0 spiro atoms. The third-order valence-corrected chi connectivity index (χ3v) is 4.87. The second kappa shape index (κ2) is 16.6. The van der Waals surface area contributed by atoms with Gasteiger partial charge in [-0.3, -0.25) is 0 Å². The minimum atomic E-state index is -0.568. The molecule has 2 rings (SSSR count). The van der Waals surface area contributed by atoms with Gasteiger partial charge in [0.15, 0.2) is 12.6 Å². The molecule has 36 heavy (non-hydrogen) atoms. The first-order chi connectivity index (χ1) is 17.5. The summed E-state index contributed by atoms with van der Waals surface area (Å²) in [4.78, 5) is 24.6. The summed E-state index contributed by atoms with van der Waals surface area (Å²) in [5.74, 6) is -0.877. The van der Waals surface area contributed by atoms with Gasteiger partial charge in [-0.2, -0.15) is 0 Å². The van der Waals surface area contributed by atoms with Crippen molar-refractivity contribution in [1.82, 2.24) is 0 Å². The molecule has 0 atom stereocenters. The van der Waals surface area contributed by atoms with Crippen molar-refractivity contribution in [3.8, 4) is 0 Å². The Hall–Kier alpha value is -3.04. The molecule has 0 aliphatic rings. The molecule has 0 aliphatic heterocycles. The Kier molecular flexibility index (Phi) is 13.5. The van der Waals surface area contributed by atoms with E-state index in [9.17, 15) is 9.59 Å². The van der Waals surface area contributed by atoms with E-state index in [2.05, 4.69) is 0 Å². The largest absolute Gasteiger partial charge is 0.457 e. The first-order valence-corrected chi connectivity index (χ1v) is 12.2. The summed E-state index contributed by atoms with van der Waals surface area (Å²) >= 11 is 0. The average Bonchev–Trinajstić information content (AvgIpc) is 2.90. The van der Waals surface area contributed by atoms with Crippen molar-refractivity contribution in [2.45, 2.75) is 40.3 Å². The molecule has 0 aliphatic carbocycles. The Balaban J connectivity index is 1.87. The van der Waals surface area contributed by atoms with Crippen LogP contribution in [-0.4, -0.2) is 64.2 Å². The number of rotatable bonds is 16. The molecule has 0 amide bonds. The van der Waals surface area contributed by atoms with Crippen molar-refractivity contribution in [3.05, 3.63) is 70.8 Å². The van der Waals surface area contributed by atoms with Gasteiger partial charge in [0.05, 0.1) is 11.1 Å². The molecule has 0 saturated carbocycles. The Labute approximate surface area is 213 Å². The Bertz CT molecular complexity index is 848. The second-order valence-corrected chi connectivity index (χ2v) is 7.45. The van der Waals surface area contributed by atoms with Gasteiger partial charge in [-0.05, 0) is 63.1 Å². The normalized spacial score (nSPS) is 11.4. The lowest BCUT2D eigenvalue weighted by atomic mass is 10.1. The first-order valence-electron chi connectivity index (χ1n) is 12.2. The Morgan fingerprint density at radius 3 is 1.17 bits per heavy atom. The van der Waals surface area contributed by atoms with E-state index in [1.165, 1.54) is 0 Å². The highest BCUT2D eigenvalue weighted by atomic mass is 16.7. The van der Waals surface area contributed by atoms with Gasteiger partial charge in [0.2, 0.25) is 0 Å². The standard InChI is InChI=1S/C28H36O8/c1-5-31-25(32-6-2)19-35-27(29)23-15-11-21(12-16-23)9-10-22-13-17-24(18-14-22)28(30)36-20-26(33-7-3)34-8-4/h9-18,25-26H,5-8,19-20H2,1-4H3. The molecule has 0 fully saturated rings. The summed E-state index contributed by atoms with van der Waals surface area (Å²) in [6.45, 7) is 9.37. The van der Waals surface area contributed by atoms with Crippen LogP contribution in [0, 0.1) is 0 Å². The van der Waals surface area contributed by atoms with Crippen LogP contribution < -0.4 is 0 Å². The van der Waals surface area contributed by atoms with E-state index >= 15 is 0 Å². The van der Waals surface area contributed by atoms with Gasteiger partial charge in [-0.1, -0.05) is 36.4 Å². The van der Waals surface area contributed by atoms with E-state index in [4.69, 9.17) is 28.4 Å². The fraction of sp³-hybridized carbons (Fsp3) is 0.429. The highest BCUT2D eigenvalue weighted by Gasteiger charge is 2.14. The van der Waals surface area contributed by atoms with Gasteiger partial charge < -0.3 is 28.4 Å². The number of carbonyl (C=O) groups is 2. The molecule has 196 valence electrons. The van der Waals surface area contributed by atoms with Crippen LogP contribution in [0.2, 0.25) is 0 Å². The van der Waals surface area contributed by atoms with E-state index in [1.807, 2.05) is 64.1 Å². The summed E-state index contributed by atoms with van der Waals surface area (Å²) in [6.07, 6.45) is 2.69. The van der Waals surface area contributed by atoms with Crippen molar-refractivity contribution in [2.24, 2.45) is 0 Å². The number of carbonyl (C=O) groups excluding carboxylic acids is 2. The summed E-state index contributed by atoms with van der Waals surface area (Å²) in [6, 6.07) is 14.1. The highest BCUT2D eigenvalue weighted by molar-refractivity contribution is 5.90. The van der Waals surface area contributed by atoms with Gasteiger partial charge in [0.1, 0.15) is 13.2 Å². The van der Waals surface area contributed by atoms with Crippen molar-refractivity contribution in [3.63, 3.8) is 0 Å². The Morgan fingerprint density at radius 1 is 0.583 bits per heavy atom. The molecule has 0 heterocycles. The third kappa shape index (κ3) is 10.3. The van der Waals surface area contributed by atoms with Crippen LogP contribution in [-0.2, 0) is 28.4 Å². The zero-order valence-corrected chi connectivity index (χ0v) is 21.4. The summed E-state index contributed by atoms with van der Waals surface area (Å²) in [5.41, 5.74) is 2.71. The van der Waals surface area contributed by atoms with E-state index in [0.29, 0.717) is 37.6 Å². The summed E-state index contributed by atoms with van der Waals surface area (Å²) in [7, 11) is 0. The topological polar surface area (TPSA) is 89.5 Å². The molecule has 8 nitrogen and oxygen atoms in total. The SMILES string of the molecule is CCOC(COC(=O)c1ccc(C=Cc2ccc(C(=O)OCC(OCC)OCC)cc2)cc1)OCC. The van der Waals surface area contributed by atoms with Crippen LogP contribution in [0.15, 0.2) is 48.5 Å². The number of esters is 2. The maximum Gasteiger partial charge on any atom is 0.338 e. The fourth-order valence-electron chi connectivity index (χ4n) is 3.14. The lowest BCUT2D eigenvalue weighted by molar-refractivity contribution is -0.158. The van der Waals surface area contributed by atoms with Crippen LogP contribution in [0.1, 0.15) is 59.5 Å². The molecular formula is C28H36O8. The van der Waals surface area contributed by atoms with Crippen LogP contribution in [0.5, 0.6) is 0 Å². The number of benzene rings is 2. The number of hydrogen-bond acceptors (Lipinski definition) is 8. The quantitative estimate of drug-likeness (QED) is 0.181. The Morgan fingerprint density at radius 2 is 0.889 bits per heavy atom. The molecule has 2 aromatic carbocycles. The molecule has 0 unspecified atom stereocenters. The predicted molar refractivity (Wildman–Crippen MR) is 136 cm³/mol. The number of ether oxygens (including phenoxy) is 6. The average molecular weight is 501 g/mol. The van der Waals surface area contributed by atoms with E-state index in [1.54, 1.807) is 24.3 Å². The van der Waals surface area contributed by atoms with E-state index in [-0.39, 0.29) is 13.2 Å². The number of hydrogen-bond donors (Lipinski definition) is 0. The van der Waals surface area contributed by atoms with Crippen molar-refractivity contribution < 1.29 is 38.0 Å². The molecule has 0 bridgehead atoms. The van der Waals surface area contributed by atoms with Gasteiger partial charge in [-0.25, -0.2) is 9.59 Å². The van der Waals surface area contributed by atoms with Crippen LogP contribution in [0.25, 0.3) is 12.2 Å². The van der Waals surface area contributed by atoms with E-state index in [0.717, 1.165) is 11.1 Å². The maximum absolute atomic E-state index is 12.3. The van der Waals surface area contributed by atoms with Crippen molar-refractivity contribution in [2.75, 3.05) is 39.6 Å². The molecule has 0 aromatic heterocycles. The highest BCUT2D eigenvalue weighted by Crippen LogP contribution is 2.13. The van der Waals surface area contributed by atoms with Crippen LogP contribution >= 0.6 is 0 Å². The van der Waals surface area contributed by atoms with Crippen molar-refractivity contribution >= 4 is 24.1 Å². The van der Waals surface area contributed by atoms with Gasteiger partial charge in [-0.15, -0.1) is 0 Å². The lowest BCUT2D eigenvalue weighted by Crippen LogP contribution is -2.25. The monoisotopic (exact) mass is 500 g/mol. The minimum Gasteiger partial charge on any atom is -0.457 e.